The Bertz CT molecular complexity index is 350. The van der Waals surface area contributed by atoms with Gasteiger partial charge < -0.3 is 10.4 Å². The van der Waals surface area contributed by atoms with E-state index in [4.69, 9.17) is 10.3 Å². The minimum absolute atomic E-state index is 0.148. The van der Waals surface area contributed by atoms with Crippen molar-refractivity contribution in [1.82, 2.24) is 10.4 Å². The molecule has 0 bridgehead atoms. The molecule has 0 aromatic carbocycles. The van der Waals surface area contributed by atoms with Crippen molar-refractivity contribution in [2.24, 2.45) is 0 Å². The highest BCUT2D eigenvalue weighted by atomic mass is 16.5. The van der Waals surface area contributed by atoms with Gasteiger partial charge in [-0.2, -0.15) is 5.06 Å². The second kappa shape index (κ2) is 5.39. The molecule has 2 aliphatic heterocycles. The third kappa shape index (κ3) is 3.52. The molecule has 2 fully saturated rings. The van der Waals surface area contributed by atoms with Gasteiger partial charge in [-0.25, -0.2) is 4.79 Å². The van der Waals surface area contributed by atoms with Crippen molar-refractivity contribution < 1.29 is 29.5 Å². The fourth-order valence-electron chi connectivity index (χ4n) is 1.36. The number of amides is 3. The van der Waals surface area contributed by atoms with Crippen molar-refractivity contribution in [3.05, 3.63) is 0 Å². The van der Waals surface area contributed by atoms with Crippen molar-refractivity contribution >= 4 is 23.7 Å². The Balaban J connectivity index is 0.000000171. The first-order valence-corrected chi connectivity index (χ1v) is 4.98. The van der Waals surface area contributed by atoms with Crippen LogP contribution in [0.15, 0.2) is 0 Å². The fraction of sp³-hybridized carbons (Fsp3) is 0.556. The molecule has 17 heavy (non-hydrogen) atoms. The first-order chi connectivity index (χ1) is 7.91. The summed E-state index contributed by atoms with van der Waals surface area (Å²) in [5.41, 5.74) is 0. The monoisotopic (exact) mass is 244 g/mol. The van der Waals surface area contributed by atoms with E-state index in [0.29, 0.717) is 12.8 Å². The van der Waals surface area contributed by atoms with E-state index in [0.717, 1.165) is 0 Å². The van der Waals surface area contributed by atoms with E-state index in [1.54, 1.807) is 0 Å². The average Bonchev–Trinajstić information content (AvgIpc) is 2.82. The van der Waals surface area contributed by atoms with Gasteiger partial charge >= 0.3 is 5.97 Å². The first kappa shape index (κ1) is 13.1. The van der Waals surface area contributed by atoms with Gasteiger partial charge in [0, 0.05) is 19.3 Å². The van der Waals surface area contributed by atoms with Crippen molar-refractivity contribution in [1.29, 1.82) is 0 Å². The van der Waals surface area contributed by atoms with Crippen molar-refractivity contribution in [3.63, 3.8) is 0 Å². The second-order valence-corrected chi connectivity index (χ2v) is 3.60. The van der Waals surface area contributed by atoms with Crippen LogP contribution in [0, 0.1) is 0 Å². The summed E-state index contributed by atoms with van der Waals surface area (Å²) in [5, 5.41) is 19.2. The Kier molecular flexibility index (Phi) is 4.16. The highest BCUT2D eigenvalue weighted by molar-refractivity contribution is 6.00. The van der Waals surface area contributed by atoms with Gasteiger partial charge in [-0.05, 0) is 6.42 Å². The summed E-state index contributed by atoms with van der Waals surface area (Å²) >= 11 is 0. The predicted molar refractivity (Wildman–Crippen MR) is 51.7 cm³/mol. The van der Waals surface area contributed by atoms with Crippen LogP contribution in [0.5, 0.6) is 0 Å². The summed E-state index contributed by atoms with van der Waals surface area (Å²) in [6, 6.07) is -0.641. The molecule has 0 radical (unpaired) electrons. The molecular weight excluding hydrogens is 232 g/mol. The molecule has 0 aromatic heterocycles. The zero-order valence-corrected chi connectivity index (χ0v) is 8.88. The zero-order chi connectivity index (χ0) is 13.0. The van der Waals surface area contributed by atoms with Crippen LogP contribution in [0.25, 0.3) is 0 Å². The van der Waals surface area contributed by atoms with Gasteiger partial charge in [0.05, 0.1) is 0 Å². The van der Waals surface area contributed by atoms with Crippen molar-refractivity contribution in [2.45, 2.75) is 31.7 Å². The lowest BCUT2D eigenvalue weighted by Crippen LogP contribution is -2.32. The van der Waals surface area contributed by atoms with E-state index in [1.807, 2.05) is 0 Å². The maximum atomic E-state index is 10.4. The van der Waals surface area contributed by atoms with Gasteiger partial charge in [-0.15, -0.1) is 0 Å². The quantitative estimate of drug-likeness (QED) is 0.396. The number of hydrogen-bond donors (Lipinski definition) is 3. The minimum Gasteiger partial charge on any atom is -0.480 e. The number of aliphatic carboxylic acids is 1. The molecule has 2 saturated heterocycles. The Labute approximate surface area is 96.2 Å². The predicted octanol–water partition coefficient (Wildman–Crippen LogP) is -1.13. The molecule has 8 nitrogen and oxygen atoms in total. The molecule has 3 N–H and O–H groups in total. The maximum absolute atomic E-state index is 10.4. The van der Waals surface area contributed by atoms with Crippen LogP contribution in [0.1, 0.15) is 25.7 Å². The molecule has 0 spiro atoms. The van der Waals surface area contributed by atoms with Gasteiger partial charge in [-0.1, -0.05) is 0 Å². The Morgan fingerprint density at radius 3 is 1.88 bits per heavy atom. The Hall–Kier alpha value is -1.96. The first-order valence-electron chi connectivity index (χ1n) is 4.98. The topological polar surface area (TPSA) is 124 Å². The van der Waals surface area contributed by atoms with Crippen LogP contribution in [0.2, 0.25) is 0 Å². The van der Waals surface area contributed by atoms with Crippen molar-refractivity contribution in [2.75, 3.05) is 0 Å². The van der Waals surface area contributed by atoms with Crippen LogP contribution in [-0.2, 0) is 19.2 Å². The van der Waals surface area contributed by atoms with Crippen LogP contribution >= 0.6 is 0 Å². The summed E-state index contributed by atoms with van der Waals surface area (Å²) in [7, 11) is 0. The SMILES string of the molecule is O=C1CCC(=O)N1O.O=C1CC[C@@H](C(=O)O)N1. The molecule has 0 unspecified atom stereocenters. The number of rotatable bonds is 1. The normalized spacial score (nSPS) is 23.2. The minimum atomic E-state index is -0.944. The third-order valence-corrected chi connectivity index (χ3v) is 2.32. The lowest BCUT2D eigenvalue weighted by Gasteiger charge is -1.99. The summed E-state index contributed by atoms with van der Waals surface area (Å²) in [4.78, 5) is 41.0. The second-order valence-electron chi connectivity index (χ2n) is 3.60. The molecule has 3 amide bonds. The summed E-state index contributed by atoms with van der Waals surface area (Å²) in [5.74, 6) is -2.12. The van der Waals surface area contributed by atoms with Crippen molar-refractivity contribution in [3.8, 4) is 0 Å². The van der Waals surface area contributed by atoms with E-state index >= 15 is 0 Å². The Morgan fingerprint density at radius 2 is 1.71 bits per heavy atom. The number of carbonyl (C=O) groups excluding carboxylic acids is 3. The molecule has 0 aromatic rings. The van der Waals surface area contributed by atoms with E-state index in [1.165, 1.54) is 0 Å². The molecule has 2 rings (SSSR count). The zero-order valence-electron chi connectivity index (χ0n) is 8.88. The van der Waals surface area contributed by atoms with Gasteiger partial charge in [0.2, 0.25) is 5.91 Å². The molecule has 2 aliphatic rings. The molecule has 2 heterocycles. The lowest BCUT2D eigenvalue weighted by molar-refractivity contribution is -0.171. The number of carbonyl (C=O) groups is 4. The summed E-state index contributed by atoms with van der Waals surface area (Å²) in [6.07, 6.45) is 1.07. The van der Waals surface area contributed by atoms with Crippen LogP contribution in [-0.4, -0.2) is 45.1 Å². The maximum Gasteiger partial charge on any atom is 0.326 e. The lowest BCUT2D eigenvalue weighted by atomic mass is 10.2. The number of nitrogens with one attached hydrogen (secondary N) is 1. The molecular formula is C9H12N2O6. The van der Waals surface area contributed by atoms with Gasteiger partial charge in [0.25, 0.3) is 11.8 Å². The van der Waals surface area contributed by atoms with E-state index in [-0.39, 0.29) is 23.8 Å². The molecule has 94 valence electrons. The number of carboxylic acids is 1. The van der Waals surface area contributed by atoms with Gasteiger partial charge in [0.1, 0.15) is 6.04 Å². The smallest absolute Gasteiger partial charge is 0.326 e. The standard InChI is InChI=1S/C5H7NO3.C4H5NO3/c7-4-2-1-3(6-4)5(8)9;6-3-1-2-4(7)5(3)8/h3H,1-2H2,(H,6,7)(H,8,9);8H,1-2H2/t3-;/m0./s1. The molecule has 0 aliphatic carbocycles. The number of hydroxylamine groups is 2. The van der Waals surface area contributed by atoms with E-state index in [9.17, 15) is 19.2 Å². The van der Waals surface area contributed by atoms with Crippen LogP contribution in [0.4, 0.5) is 0 Å². The van der Waals surface area contributed by atoms with Gasteiger partial charge in [-0.3, -0.25) is 19.6 Å². The van der Waals surface area contributed by atoms with E-state index < -0.39 is 23.8 Å². The number of imide groups is 1. The largest absolute Gasteiger partial charge is 0.480 e. The Morgan fingerprint density at radius 1 is 1.18 bits per heavy atom. The fourth-order valence-corrected chi connectivity index (χ4v) is 1.36. The highest BCUT2D eigenvalue weighted by Crippen LogP contribution is 2.07. The summed E-state index contributed by atoms with van der Waals surface area (Å²) < 4.78 is 0. The van der Waals surface area contributed by atoms with Crippen LogP contribution in [0.3, 0.4) is 0 Å². The number of hydrogen-bond acceptors (Lipinski definition) is 5. The number of carboxylic acid groups (broad SMARTS) is 1. The summed E-state index contributed by atoms with van der Waals surface area (Å²) in [6.45, 7) is 0. The van der Waals surface area contributed by atoms with E-state index in [2.05, 4.69) is 5.32 Å². The average molecular weight is 244 g/mol. The van der Waals surface area contributed by atoms with Gasteiger partial charge in [0.15, 0.2) is 0 Å². The van der Waals surface area contributed by atoms with Crippen LogP contribution < -0.4 is 5.32 Å². The highest BCUT2D eigenvalue weighted by Gasteiger charge is 2.27. The number of nitrogens with zero attached hydrogens (tertiary/aromatic N) is 1. The molecule has 8 heteroatoms. The third-order valence-electron chi connectivity index (χ3n) is 2.32. The molecule has 0 saturated carbocycles. The molecule has 1 atom stereocenters.